The molecule has 0 aromatic carbocycles. The molecule has 1 fully saturated rings. The maximum Gasteiger partial charge on any atom is 0.327 e. The summed E-state index contributed by atoms with van der Waals surface area (Å²) in [6, 6.07) is -0.340. The van der Waals surface area contributed by atoms with Gasteiger partial charge in [0.1, 0.15) is 6.54 Å². The molecule has 3 amide bonds. The summed E-state index contributed by atoms with van der Waals surface area (Å²) in [4.78, 5) is 24.8. The zero-order valence-corrected chi connectivity index (χ0v) is 7.43. The molecule has 0 unspecified atom stereocenters. The van der Waals surface area contributed by atoms with Gasteiger partial charge in [-0.05, 0) is 0 Å². The van der Waals surface area contributed by atoms with E-state index in [1.54, 1.807) is 7.05 Å². The third-order valence-corrected chi connectivity index (χ3v) is 1.67. The van der Waals surface area contributed by atoms with Crippen molar-refractivity contribution < 1.29 is 9.59 Å². The quantitative estimate of drug-likeness (QED) is 0.452. The van der Waals surface area contributed by atoms with Crippen LogP contribution in [0.1, 0.15) is 0 Å². The summed E-state index contributed by atoms with van der Waals surface area (Å²) in [5.41, 5.74) is 5.21. The summed E-state index contributed by atoms with van der Waals surface area (Å²) in [6.07, 6.45) is 0. The van der Waals surface area contributed by atoms with E-state index < -0.39 is 0 Å². The number of urea groups is 1. The lowest BCUT2D eigenvalue weighted by molar-refractivity contribution is -0.124. The average molecular weight is 187 g/mol. The van der Waals surface area contributed by atoms with Crippen molar-refractivity contribution in [2.24, 2.45) is 5.73 Å². The van der Waals surface area contributed by atoms with Crippen molar-refractivity contribution in [2.45, 2.75) is 0 Å². The molecular formula is C6H9N3O2S. The van der Waals surface area contributed by atoms with Crippen molar-refractivity contribution in [3.63, 3.8) is 0 Å². The van der Waals surface area contributed by atoms with Gasteiger partial charge in [-0.3, -0.25) is 9.69 Å². The molecule has 12 heavy (non-hydrogen) atoms. The minimum Gasteiger partial charge on any atom is -0.392 e. The second-order valence-electron chi connectivity index (χ2n) is 2.58. The topological polar surface area (TPSA) is 66.6 Å². The summed E-state index contributed by atoms with van der Waals surface area (Å²) in [6.45, 7) is 0.152. The summed E-state index contributed by atoms with van der Waals surface area (Å²) in [5.74, 6) is -0.254. The third kappa shape index (κ3) is 1.53. The van der Waals surface area contributed by atoms with E-state index in [1.807, 2.05) is 0 Å². The number of likely N-dealkylation sites (N-methyl/N-ethyl adjacent to an activating group) is 1. The van der Waals surface area contributed by atoms with Crippen molar-refractivity contribution in [2.75, 3.05) is 20.1 Å². The lowest BCUT2D eigenvalue weighted by Gasteiger charge is -2.12. The van der Waals surface area contributed by atoms with Gasteiger partial charge in [0.05, 0.1) is 11.5 Å². The first-order chi connectivity index (χ1) is 5.52. The van der Waals surface area contributed by atoms with Crippen LogP contribution in [0.15, 0.2) is 0 Å². The van der Waals surface area contributed by atoms with Crippen LogP contribution < -0.4 is 5.73 Å². The Labute approximate surface area is 75.1 Å². The highest BCUT2D eigenvalue weighted by Crippen LogP contribution is 2.06. The van der Waals surface area contributed by atoms with Gasteiger partial charge in [0.25, 0.3) is 5.91 Å². The number of hydrogen-bond donors (Lipinski definition) is 1. The van der Waals surface area contributed by atoms with Crippen LogP contribution in [0.5, 0.6) is 0 Å². The number of amides is 3. The summed E-state index contributed by atoms with van der Waals surface area (Å²) in [7, 11) is 1.56. The van der Waals surface area contributed by atoms with Crippen molar-refractivity contribution >= 4 is 29.1 Å². The molecule has 0 bridgehead atoms. The van der Waals surface area contributed by atoms with Crippen molar-refractivity contribution in [3.05, 3.63) is 0 Å². The van der Waals surface area contributed by atoms with E-state index in [-0.39, 0.29) is 30.0 Å². The van der Waals surface area contributed by atoms with Crippen molar-refractivity contribution in [1.29, 1.82) is 0 Å². The van der Waals surface area contributed by atoms with Crippen LogP contribution in [0.2, 0.25) is 0 Å². The number of nitrogens with zero attached hydrogens (tertiary/aromatic N) is 2. The maximum absolute atomic E-state index is 11.2. The minimum atomic E-state index is -0.340. The fourth-order valence-corrected chi connectivity index (χ4v) is 1.11. The number of hydrogen-bond acceptors (Lipinski definition) is 3. The van der Waals surface area contributed by atoms with E-state index in [0.717, 1.165) is 4.90 Å². The first-order valence-electron chi connectivity index (χ1n) is 3.36. The average Bonchev–Trinajstić information content (AvgIpc) is 2.16. The molecule has 1 heterocycles. The van der Waals surface area contributed by atoms with Crippen molar-refractivity contribution in [3.8, 4) is 0 Å². The first-order valence-corrected chi connectivity index (χ1v) is 3.77. The zero-order chi connectivity index (χ0) is 9.30. The van der Waals surface area contributed by atoms with Gasteiger partial charge in [-0.15, -0.1) is 0 Å². The molecule has 1 saturated heterocycles. The van der Waals surface area contributed by atoms with Crippen LogP contribution in [-0.4, -0.2) is 46.9 Å². The van der Waals surface area contributed by atoms with Gasteiger partial charge < -0.3 is 10.6 Å². The molecule has 1 aliphatic heterocycles. The molecule has 66 valence electrons. The lowest BCUT2D eigenvalue weighted by Crippen LogP contribution is -2.37. The van der Waals surface area contributed by atoms with E-state index in [9.17, 15) is 9.59 Å². The maximum atomic E-state index is 11.2. The Hall–Kier alpha value is -1.17. The van der Waals surface area contributed by atoms with Crippen LogP contribution in [-0.2, 0) is 4.79 Å². The smallest absolute Gasteiger partial charge is 0.327 e. The van der Waals surface area contributed by atoms with E-state index in [0.29, 0.717) is 0 Å². The monoisotopic (exact) mass is 187 g/mol. The van der Waals surface area contributed by atoms with E-state index >= 15 is 0 Å². The molecule has 0 atom stereocenters. The third-order valence-electron chi connectivity index (χ3n) is 1.54. The number of nitrogens with two attached hydrogens (primary N) is 1. The minimum absolute atomic E-state index is 0.0390. The number of thiocarbonyl (C=S) groups is 1. The Bertz CT molecular complexity index is 253. The second kappa shape index (κ2) is 3.06. The fourth-order valence-electron chi connectivity index (χ4n) is 0.980. The highest BCUT2D eigenvalue weighted by atomic mass is 32.1. The van der Waals surface area contributed by atoms with Crippen molar-refractivity contribution in [1.82, 2.24) is 9.80 Å². The first kappa shape index (κ1) is 8.92. The SMILES string of the molecule is CN1CC(=O)N(CC(N)=S)C1=O. The predicted molar refractivity (Wildman–Crippen MR) is 46.5 cm³/mol. The number of carbonyl (C=O) groups is 2. The van der Waals surface area contributed by atoms with Gasteiger partial charge in [0, 0.05) is 7.05 Å². The highest BCUT2D eigenvalue weighted by molar-refractivity contribution is 7.80. The summed E-state index contributed by atoms with van der Waals surface area (Å²) >= 11 is 4.59. The molecular weight excluding hydrogens is 178 g/mol. The molecule has 6 heteroatoms. The molecule has 5 nitrogen and oxygen atoms in total. The van der Waals surface area contributed by atoms with Gasteiger partial charge in [0.15, 0.2) is 0 Å². The fraction of sp³-hybridized carbons (Fsp3) is 0.500. The Kier molecular flexibility index (Phi) is 2.27. The van der Waals surface area contributed by atoms with Gasteiger partial charge in [-0.1, -0.05) is 12.2 Å². The standard InChI is InChI=1S/C6H9N3O2S/c1-8-3-5(10)9(6(8)11)2-4(7)12/h2-3H2,1H3,(H2,7,12). The van der Waals surface area contributed by atoms with Crippen LogP contribution >= 0.6 is 12.2 Å². The zero-order valence-electron chi connectivity index (χ0n) is 6.61. The molecule has 1 aliphatic rings. The Morgan fingerprint density at radius 3 is 2.58 bits per heavy atom. The molecule has 0 aliphatic carbocycles. The normalized spacial score (nSPS) is 17.4. The predicted octanol–water partition coefficient (Wildman–Crippen LogP) is -0.833. The van der Waals surface area contributed by atoms with E-state index in [1.165, 1.54) is 4.90 Å². The van der Waals surface area contributed by atoms with Gasteiger partial charge >= 0.3 is 6.03 Å². The molecule has 0 aromatic rings. The van der Waals surface area contributed by atoms with Gasteiger partial charge in [0.2, 0.25) is 0 Å². The van der Waals surface area contributed by atoms with E-state index in [2.05, 4.69) is 12.2 Å². The van der Waals surface area contributed by atoms with Crippen LogP contribution in [0.3, 0.4) is 0 Å². The molecule has 0 spiro atoms. The molecule has 1 rings (SSSR count). The Morgan fingerprint density at radius 2 is 2.25 bits per heavy atom. The van der Waals surface area contributed by atoms with Gasteiger partial charge in [-0.25, -0.2) is 4.79 Å². The number of rotatable bonds is 2. The lowest BCUT2D eigenvalue weighted by atomic mass is 10.5. The molecule has 0 radical (unpaired) electrons. The number of carbonyl (C=O) groups excluding carboxylic acids is 2. The molecule has 0 aromatic heterocycles. The van der Waals surface area contributed by atoms with Gasteiger partial charge in [-0.2, -0.15) is 0 Å². The number of imide groups is 1. The summed E-state index contributed by atoms with van der Waals surface area (Å²) in [5, 5.41) is 0. The van der Waals surface area contributed by atoms with Crippen LogP contribution in [0.25, 0.3) is 0 Å². The van der Waals surface area contributed by atoms with E-state index in [4.69, 9.17) is 5.73 Å². The highest BCUT2D eigenvalue weighted by Gasteiger charge is 2.33. The Balaban J connectivity index is 2.70. The largest absolute Gasteiger partial charge is 0.392 e. The van der Waals surface area contributed by atoms with Crippen LogP contribution in [0.4, 0.5) is 4.79 Å². The molecule has 0 saturated carbocycles. The molecule has 2 N–H and O–H groups in total. The Morgan fingerprint density at radius 1 is 1.67 bits per heavy atom. The van der Waals surface area contributed by atoms with Crippen LogP contribution in [0, 0.1) is 0 Å². The second-order valence-corrected chi connectivity index (χ2v) is 3.11. The summed E-state index contributed by atoms with van der Waals surface area (Å²) < 4.78 is 0.